The van der Waals surface area contributed by atoms with Gasteiger partial charge in [-0.15, -0.1) is 0 Å². The third-order valence-electron chi connectivity index (χ3n) is 4.68. The van der Waals surface area contributed by atoms with Gasteiger partial charge in [0.1, 0.15) is 0 Å². The van der Waals surface area contributed by atoms with E-state index in [0.29, 0.717) is 23.7 Å². The Balaban J connectivity index is 1.62. The zero-order chi connectivity index (χ0) is 16.5. The molecular weight excluding hydrogens is 302 g/mol. The smallest absolute Gasteiger partial charge is 0.255 e. The minimum atomic E-state index is 0.0509. The first-order valence-corrected chi connectivity index (χ1v) is 8.23. The molecular formula is C18H19N5O. The Hall–Kier alpha value is -2.76. The molecule has 122 valence electrons. The quantitative estimate of drug-likeness (QED) is 0.787. The highest BCUT2D eigenvalue weighted by atomic mass is 16.2. The van der Waals surface area contributed by atoms with Crippen molar-refractivity contribution < 1.29 is 4.79 Å². The van der Waals surface area contributed by atoms with Crippen molar-refractivity contribution >= 4 is 16.9 Å². The monoisotopic (exact) mass is 321 g/mol. The van der Waals surface area contributed by atoms with E-state index in [9.17, 15) is 4.79 Å². The van der Waals surface area contributed by atoms with Crippen LogP contribution in [0.5, 0.6) is 0 Å². The molecule has 0 unspecified atom stereocenters. The summed E-state index contributed by atoms with van der Waals surface area (Å²) in [6, 6.07) is 7.71. The summed E-state index contributed by atoms with van der Waals surface area (Å²) in [6.45, 7) is 3.37. The second-order valence-corrected chi connectivity index (χ2v) is 6.27. The van der Waals surface area contributed by atoms with E-state index in [4.69, 9.17) is 0 Å². The summed E-state index contributed by atoms with van der Waals surface area (Å²) in [5, 5.41) is 7.96. The Labute approximate surface area is 139 Å². The lowest BCUT2D eigenvalue weighted by atomic mass is 9.94. The molecule has 0 radical (unpaired) electrons. The van der Waals surface area contributed by atoms with Gasteiger partial charge in [0.15, 0.2) is 5.65 Å². The first kappa shape index (κ1) is 14.8. The second-order valence-electron chi connectivity index (χ2n) is 6.27. The molecule has 0 bridgehead atoms. The van der Waals surface area contributed by atoms with Gasteiger partial charge in [0.2, 0.25) is 0 Å². The topological polar surface area (TPSA) is 74.8 Å². The maximum atomic E-state index is 13.0. The van der Waals surface area contributed by atoms with Crippen LogP contribution in [0.3, 0.4) is 0 Å². The summed E-state index contributed by atoms with van der Waals surface area (Å²) in [7, 11) is 0. The van der Waals surface area contributed by atoms with Crippen LogP contribution in [0.15, 0.2) is 36.7 Å². The van der Waals surface area contributed by atoms with Crippen molar-refractivity contribution in [1.29, 1.82) is 0 Å². The Morgan fingerprint density at radius 2 is 2.25 bits per heavy atom. The molecule has 6 nitrogen and oxygen atoms in total. The molecule has 4 heterocycles. The van der Waals surface area contributed by atoms with E-state index in [1.165, 1.54) is 0 Å². The number of piperidine rings is 1. The van der Waals surface area contributed by atoms with Crippen LogP contribution in [0.25, 0.3) is 11.0 Å². The summed E-state index contributed by atoms with van der Waals surface area (Å²) in [4.78, 5) is 23.7. The highest BCUT2D eigenvalue weighted by Gasteiger charge is 2.27. The molecule has 1 atom stereocenters. The fourth-order valence-corrected chi connectivity index (χ4v) is 3.39. The van der Waals surface area contributed by atoms with Crippen LogP contribution in [-0.2, 0) is 0 Å². The van der Waals surface area contributed by atoms with E-state index in [2.05, 4.69) is 20.2 Å². The summed E-state index contributed by atoms with van der Waals surface area (Å²) < 4.78 is 0. The van der Waals surface area contributed by atoms with Gasteiger partial charge < -0.3 is 4.90 Å². The lowest BCUT2D eigenvalue weighted by Gasteiger charge is -2.32. The molecule has 1 N–H and O–H groups in total. The molecule has 3 aromatic heterocycles. The summed E-state index contributed by atoms with van der Waals surface area (Å²) in [5.41, 5.74) is 3.18. The van der Waals surface area contributed by atoms with Crippen molar-refractivity contribution in [3.05, 3.63) is 53.6 Å². The molecule has 0 spiro atoms. The molecule has 1 saturated heterocycles. The predicted molar refractivity (Wildman–Crippen MR) is 90.7 cm³/mol. The molecule has 1 aliphatic heterocycles. The van der Waals surface area contributed by atoms with Crippen molar-refractivity contribution in [1.82, 2.24) is 25.1 Å². The predicted octanol–water partition coefficient (Wildman–Crippen LogP) is 2.68. The molecule has 4 rings (SSSR count). The van der Waals surface area contributed by atoms with Gasteiger partial charge in [-0.05, 0) is 44.0 Å². The Morgan fingerprint density at radius 3 is 3.08 bits per heavy atom. The van der Waals surface area contributed by atoms with E-state index < -0.39 is 0 Å². The number of H-pyrrole nitrogens is 1. The summed E-state index contributed by atoms with van der Waals surface area (Å²) >= 11 is 0. The van der Waals surface area contributed by atoms with Crippen molar-refractivity contribution in [3.63, 3.8) is 0 Å². The third-order valence-corrected chi connectivity index (χ3v) is 4.68. The third kappa shape index (κ3) is 2.64. The average Bonchev–Trinajstić information content (AvgIpc) is 3.15. The number of hydrogen-bond donors (Lipinski definition) is 1. The van der Waals surface area contributed by atoms with Crippen LogP contribution in [0.4, 0.5) is 0 Å². The molecule has 6 heteroatoms. The zero-order valence-electron chi connectivity index (χ0n) is 13.6. The number of hydrogen-bond acceptors (Lipinski definition) is 4. The van der Waals surface area contributed by atoms with Crippen molar-refractivity contribution in [2.45, 2.75) is 25.7 Å². The largest absolute Gasteiger partial charge is 0.338 e. The van der Waals surface area contributed by atoms with Gasteiger partial charge in [0, 0.05) is 42.5 Å². The van der Waals surface area contributed by atoms with Gasteiger partial charge in [-0.25, -0.2) is 9.97 Å². The SMILES string of the molecule is Cc1nc2ncccc2cc1C(=O)N1CCC[C@H](c2ccn[nH]2)C1. The van der Waals surface area contributed by atoms with E-state index in [-0.39, 0.29) is 5.91 Å². The van der Waals surface area contributed by atoms with Crippen LogP contribution in [0.1, 0.15) is 40.5 Å². The number of aromatic nitrogens is 4. The minimum absolute atomic E-state index is 0.0509. The fourth-order valence-electron chi connectivity index (χ4n) is 3.39. The highest BCUT2D eigenvalue weighted by molar-refractivity contribution is 5.98. The molecule has 0 aliphatic carbocycles. The Bertz CT molecular complexity index is 874. The highest BCUT2D eigenvalue weighted by Crippen LogP contribution is 2.27. The van der Waals surface area contributed by atoms with Gasteiger partial charge in [-0.3, -0.25) is 9.89 Å². The number of likely N-dealkylation sites (tertiary alicyclic amines) is 1. The number of pyridine rings is 2. The Kier molecular flexibility index (Phi) is 3.72. The van der Waals surface area contributed by atoms with E-state index >= 15 is 0 Å². The lowest BCUT2D eigenvalue weighted by Crippen LogP contribution is -2.39. The van der Waals surface area contributed by atoms with Gasteiger partial charge >= 0.3 is 0 Å². The number of aryl methyl sites for hydroxylation is 1. The van der Waals surface area contributed by atoms with Crippen molar-refractivity contribution in [2.24, 2.45) is 0 Å². The number of carbonyl (C=O) groups is 1. The standard InChI is InChI=1S/C18H19N5O/c1-12-15(10-13-4-2-7-19-17(13)21-12)18(24)23-9-3-5-14(11-23)16-6-8-20-22-16/h2,4,6-8,10,14H,3,5,9,11H2,1H3,(H,20,22)/t14-/m0/s1. The number of nitrogens with one attached hydrogen (secondary N) is 1. The molecule has 3 aromatic rings. The number of carbonyl (C=O) groups excluding carboxylic acids is 1. The first-order chi connectivity index (χ1) is 11.7. The van der Waals surface area contributed by atoms with E-state index in [0.717, 1.165) is 36.2 Å². The number of amides is 1. The van der Waals surface area contributed by atoms with Crippen molar-refractivity contribution in [3.8, 4) is 0 Å². The zero-order valence-corrected chi connectivity index (χ0v) is 13.6. The lowest BCUT2D eigenvalue weighted by molar-refractivity contribution is 0.0705. The van der Waals surface area contributed by atoms with E-state index in [1.807, 2.05) is 36.1 Å². The molecule has 1 fully saturated rings. The fraction of sp³-hybridized carbons (Fsp3) is 0.333. The van der Waals surface area contributed by atoms with Crippen molar-refractivity contribution in [2.75, 3.05) is 13.1 Å². The summed E-state index contributed by atoms with van der Waals surface area (Å²) in [5.74, 6) is 0.371. The van der Waals surface area contributed by atoms with Gasteiger partial charge in [0.25, 0.3) is 5.91 Å². The van der Waals surface area contributed by atoms with Gasteiger partial charge in [-0.1, -0.05) is 0 Å². The molecule has 0 aromatic carbocycles. The number of rotatable bonds is 2. The van der Waals surface area contributed by atoms with Crippen LogP contribution >= 0.6 is 0 Å². The van der Waals surface area contributed by atoms with Crippen LogP contribution in [0, 0.1) is 6.92 Å². The Morgan fingerprint density at radius 1 is 1.33 bits per heavy atom. The first-order valence-electron chi connectivity index (χ1n) is 8.23. The summed E-state index contributed by atoms with van der Waals surface area (Å²) in [6.07, 6.45) is 5.55. The van der Waals surface area contributed by atoms with Crippen LogP contribution in [0.2, 0.25) is 0 Å². The molecule has 1 aliphatic rings. The normalized spacial score (nSPS) is 18.0. The van der Waals surface area contributed by atoms with Gasteiger partial charge in [0.05, 0.1) is 11.3 Å². The second kappa shape index (κ2) is 6.03. The molecule has 0 saturated carbocycles. The maximum Gasteiger partial charge on any atom is 0.255 e. The van der Waals surface area contributed by atoms with Crippen LogP contribution in [-0.4, -0.2) is 44.1 Å². The van der Waals surface area contributed by atoms with Gasteiger partial charge in [-0.2, -0.15) is 5.10 Å². The van der Waals surface area contributed by atoms with E-state index in [1.54, 1.807) is 12.4 Å². The molecule has 1 amide bonds. The molecule has 24 heavy (non-hydrogen) atoms. The number of fused-ring (bicyclic) bond motifs is 1. The van der Waals surface area contributed by atoms with Crippen LogP contribution < -0.4 is 0 Å². The number of nitrogens with zero attached hydrogens (tertiary/aromatic N) is 4. The number of aromatic amines is 1. The average molecular weight is 321 g/mol. The maximum absolute atomic E-state index is 13.0. The minimum Gasteiger partial charge on any atom is -0.338 e.